The van der Waals surface area contributed by atoms with Crippen molar-refractivity contribution < 1.29 is 14.2 Å². The van der Waals surface area contributed by atoms with Gasteiger partial charge in [0.25, 0.3) is 0 Å². The normalized spacial score (nSPS) is 32.6. The molecule has 0 amide bonds. The standard InChI is InChI=1S/C13H26O3/c1-8(2)14-11(6)13-12(15-9(3)4)7-10(5)16-13/h8-13H,7H2,1-6H3/t10-,11+,12-,13?/m0/s1. The molecule has 0 saturated carbocycles. The van der Waals surface area contributed by atoms with Gasteiger partial charge in [0.05, 0.1) is 30.5 Å². The van der Waals surface area contributed by atoms with Gasteiger partial charge in [0, 0.05) is 6.42 Å². The van der Waals surface area contributed by atoms with E-state index < -0.39 is 0 Å². The molecule has 0 N–H and O–H groups in total. The van der Waals surface area contributed by atoms with Gasteiger partial charge in [0.1, 0.15) is 6.10 Å². The Balaban J connectivity index is 2.54. The lowest BCUT2D eigenvalue weighted by Gasteiger charge is -2.27. The van der Waals surface area contributed by atoms with Crippen LogP contribution in [0.1, 0.15) is 48.0 Å². The van der Waals surface area contributed by atoms with Crippen LogP contribution in [-0.2, 0) is 14.2 Å². The summed E-state index contributed by atoms with van der Waals surface area (Å²) >= 11 is 0. The van der Waals surface area contributed by atoms with Gasteiger partial charge < -0.3 is 14.2 Å². The quantitative estimate of drug-likeness (QED) is 0.727. The minimum Gasteiger partial charge on any atom is -0.373 e. The van der Waals surface area contributed by atoms with Crippen molar-refractivity contribution in [3.05, 3.63) is 0 Å². The molecule has 1 fully saturated rings. The van der Waals surface area contributed by atoms with Crippen molar-refractivity contribution in [2.24, 2.45) is 0 Å². The molecule has 0 radical (unpaired) electrons. The fourth-order valence-electron chi connectivity index (χ4n) is 2.27. The van der Waals surface area contributed by atoms with E-state index in [1.165, 1.54) is 0 Å². The summed E-state index contributed by atoms with van der Waals surface area (Å²) in [5, 5.41) is 0. The summed E-state index contributed by atoms with van der Waals surface area (Å²) in [7, 11) is 0. The first-order valence-corrected chi connectivity index (χ1v) is 6.36. The van der Waals surface area contributed by atoms with Gasteiger partial charge in [-0.25, -0.2) is 0 Å². The van der Waals surface area contributed by atoms with Crippen LogP contribution in [0.15, 0.2) is 0 Å². The second-order valence-electron chi connectivity index (χ2n) is 5.26. The lowest BCUT2D eigenvalue weighted by Crippen LogP contribution is -2.38. The molecule has 1 aliphatic heterocycles. The molecule has 4 atom stereocenters. The van der Waals surface area contributed by atoms with E-state index >= 15 is 0 Å². The zero-order valence-corrected chi connectivity index (χ0v) is 11.4. The van der Waals surface area contributed by atoms with E-state index in [2.05, 4.69) is 27.7 Å². The van der Waals surface area contributed by atoms with Crippen LogP contribution in [0, 0.1) is 0 Å². The molecule has 0 aromatic carbocycles. The van der Waals surface area contributed by atoms with Crippen molar-refractivity contribution in [3.63, 3.8) is 0 Å². The van der Waals surface area contributed by atoms with Gasteiger partial charge >= 0.3 is 0 Å². The number of rotatable bonds is 5. The molecule has 16 heavy (non-hydrogen) atoms. The third kappa shape index (κ3) is 4.04. The Labute approximate surface area is 99.5 Å². The fourth-order valence-corrected chi connectivity index (χ4v) is 2.27. The maximum atomic E-state index is 5.89. The van der Waals surface area contributed by atoms with E-state index in [-0.39, 0.29) is 36.6 Å². The number of ether oxygens (including phenoxy) is 3. The highest BCUT2D eigenvalue weighted by molar-refractivity contribution is 4.86. The highest BCUT2D eigenvalue weighted by Gasteiger charge is 2.38. The molecule has 3 heteroatoms. The summed E-state index contributed by atoms with van der Waals surface area (Å²) in [5.74, 6) is 0. The third-order valence-corrected chi connectivity index (χ3v) is 2.72. The summed E-state index contributed by atoms with van der Waals surface area (Å²) in [5.41, 5.74) is 0. The Morgan fingerprint density at radius 1 is 1.06 bits per heavy atom. The molecule has 1 heterocycles. The summed E-state index contributed by atoms with van der Waals surface area (Å²) in [6.07, 6.45) is 2.04. The molecule has 3 nitrogen and oxygen atoms in total. The van der Waals surface area contributed by atoms with Crippen LogP contribution in [0.2, 0.25) is 0 Å². The fraction of sp³-hybridized carbons (Fsp3) is 1.00. The molecule has 0 aromatic heterocycles. The highest BCUT2D eigenvalue weighted by atomic mass is 16.6. The first-order valence-electron chi connectivity index (χ1n) is 6.36. The van der Waals surface area contributed by atoms with Gasteiger partial charge in [-0.15, -0.1) is 0 Å². The third-order valence-electron chi connectivity index (χ3n) is 2.72. The van der Waals surface area contributed by atoms with Crippen LogP contribution in [-0.4, -0.2) is 36.6 Å². The molecule has 1 rings (SSSR count). The van der Waals surface area contributed by atoms with Crippen molar-refractivity contribution in [3.8, 4) is 0 Å². The summed E-state index contributed by atoms with van der Waals surface area (Å²) in [6.45, 7) is 12.4. The van der Waals surface area contributed by atoms with Crippen molar-refractivity contribution in [1.82, 2.24) is 0 Å². The molecule has 0 spiro atoms. The minimum absolute atomic E-state index is 0.0693. The van der Waals surface area contributed by atoms with Crippen molar-refractivity contribution in [2.45, 2.75) is 84.6 Å². The van der Waals surface area contributed by atoms with Crippen LogP contribution in [0.5, 0.6) is 0 Å². The van der Waals surface area contributed by atoms with Gasteiger partial charge in [-0.05, 0) is 41.5 Å². The van der Waals surface area contributed by atoms with Crippen LogP contribution in [0.3, 0.4) is 0 Å². The first-order chi connectivity index (χ1) is 7.40. The van der Waals surface area contributed by atoms with Crippen molar-refractivity contribution >= 4 is 0 Å². The van der Waals surface area contributed by atoms with E-state index in [4.69, 9.17) is 14.2 Å². The lowest BCUT2D eigenvalue weighted by atomic mass is 10.1. The van der Waals surface area contributed by atoms with E-state index in [1.807, 2.05) is 13.8 Å². The molecule has 1 unspecified atom stereocenters. The molecular weight excluding hydrogens is 204 g/mol. The maximum Gasteiger partial charge on any atom is 0.110 e. The Morgan fingerprint density at radius 3 is 2.19 bits per heavy atom. The topological polar surface area (TPSA) is 27.7 Å². The van der Waals surface area contributed by atoms with Gasteiger partial charge in [-0.1, -0.05) is 0 Å². The summed E-state index contributed by atoms with van der Waals surface area (Å²) < 4.78 is 17.6. The molecular formula is C13H26O3. The van der Waals surface area contributed by atoms with E-state index in [0.717, 1.165) is 6.42 Å². The average molecular weight is 230 g/mol. The highest BCUT2D eigenvalue weighted by Crippen LogP contribution is 2.27. The first kappa shape index (κ1) is 13.9. The molecule has 1 saturated heterocycles. The van der Waals surface area contributed by atoms with Crippen molar-refractivity contribution in [1.29, 1.82) is 0 Å². The second-order valence-corrected chi connectivity index (χ2v) is 5.26. The zero-order valence-electron chi connectivity index (χ0n) is 11.4. The molecule has 0 bridgehead atoms. The maximum absolute atomic E-state index is 5.89. The summed E-state index contributed by atoms with van der Waals surface area (Å²) in [6, 6.07) is 0. The molecule has 0 aliphatic carbocycles. The second kappa shape index (κ2) is 5.99. The van der Waals surface area contributed by atoms with E-state index in [1.54, 1.807) is 0 Å². The monoisotopic (exact) mass is 230 g/mol. The SMILES string of the molecule is CC(C)O[C@H]1C[C@H](C)OC1[C@@H](C)OC(C)C. The van der Waals surface area contributed by atoms with Crippen LogP contribution in [0.25, 0.3) is 0 Å². The Hall–Kier alpha value is -0.120. The Kier molecular flexibility index (Phi) is 5.22. The Bertz CT molecular complexity index is 203. The van der Waals surface area contributed by atoms with Crippen LogP contribution < -0.4 is 0 Å². The lowest BCUT2D eigenvalue weighted by molar-refractivity contribution is -0.121. The number of hydrogen-bond donors (Lipinski definition) is 0. The number of hydrogen-bond acceptors (Lipinski definition) is 3. The van der Waals surface area contributed by atoms with Gasteiger partial charge in [-0.3, -0.25) is 0 Å². The van der Waals surface area contributed by atoms with Crippen molar-refractivity contribution in [2.75, 3.05) is 0 Å². The van der Waals surface area contributed by atoms with Gasteiger partial charge in [-0.2, -0.15) is 0 Å². The van der Waals surface area contributed by atoms with Gasteiger partial charge in [0.15, 0.2) is 0 Å². The average Bonchev–Trinajstić information content (AvgIpc) is 2.44. The largest absolute Gasteiger partial charge is 0.373 e. The zero-order chi connectivity index (χ0) is 12.3. The van der Waals surface area contributed by atoms with Crippen LogP contribution in [0.4, 0.5) is 0 Å². The minimum atomic E-state index is 0.0693. The Morgan fingerprint density at radius 2 is 1.69 bits per heavy atom. The molecule has 0 aromatic rings. The molecule has 96 valence electrons. The van der Waals surface area contributed by atoms with Gasteiger partial charge in [0.2, 0.25) is 0 Å². The predicted octanol–water partition coefficient (Wildman–Crippen LogP) is 2.77. The smallest absolute Gasteiger partial charge is 0.110 e. The molecule has 1 aliphatic rings. The van der Waals surface area contributed by atoms with E-state index in [0.29, 0.717) is 0 Å². The van der Waals surface area contributed by atoms with Crippen LogP contribution >= 0.6 is 0 Å². The summed E-state index contributed by atoms with van der Waals surface area (Å²) in [4.78, 5) is 0. The van der Waals surface area contributed by atoms with E-state index in [9.17, 15) is 0 Å². The predicted molar refractivity (Wildman–Crippen MR) is 64.6 cm³/mol.